The number of halogens is 1. The monoisotopic (exact) mass is 565 g/mol. The van der Waals surface area contributed by atoms with Gasteiger partial charge in [0.25, 0.3) is 0 Å². The lowest BCUT2D eigenvalue weighted by molar-refractivity contribution is -0.965. The number of rotatable bonds is 27. The smallest absolute Gasteiger partial charge is 0.506 e. The molecule has 0 aromatic carbocycles. The van der Waals surface area contributed by atoms with E-state index in [9.17, 15) is 0 Å². The second kappa shape index (κ2) is 25.3. The van der Waals surface area contributed by atoms with Crippen molar-refractivity contribution in [1.82, 2.24) is 0 Å². The van der Waals surface area contributed by atoms with Gasteiger partial charge in [0.05, 0.1) is 31.2 Å². The molecule has 0 saturated heterocycles. The molecule has 226 valence electrons. The summed E-state index contributed by atoms with van der Waals surface area (Å²) in [6.07, 6.45) is 21.3. The van der Waals surface area contributed by atoms with Crippen molar-refractivity contribution in [3.63, 3.8) is 0 Å². The van der Waals surface area contributed by atoms with Crippen LogP contribution in [0.2, 0.25) is 6.04 Å². The molecule has 0 amide bonds. The molecule has 0 unspecified atom stereocenters. The largest absolute Gasteiger partial charge is 1.00 e. The maximum absolute atomic E-state index is 6.18. The van der Waals surface area contributed by atoms with Crippen LogP contribution < -0.4 is 12.4 Å². The van der Waals surface area contributed by atoms with Crippen LogP contribution in [-0.4, -0.2) is 58.3 Å². The summed E-state index contributed by atoms with van der Waals surface area (Å²) in [5.74, 6) is 0. The maximum atomic E-state index is 6.18. The topological polar surface area (TPSA) is 27.7 Å². The molecule has 4 nitrogen and oxygen atoms in total. The third-order valence-corrected chi connectivity index (χ3v) is 11.2. The van der Waals surface area contributed by atoms with Gasteiger partial charge in [-0.2, -0.15) is 0 Å². The molecule has 0 aliphatic heterocycles. The summed E-state index contributed by atoms with van der Waals surface area (Å²) in [6, 6.07) is 2.10. The zero-order valence-corrected chi connectivity index (χ0v) is 28.3. The minimum absolute atomic E-state index is 0. The van der Waals surface area contributed by atoms with Gasteiger partial charge in [-0.15, -0.1) is 0 Å². The summed E-state index contributed by atoms with van der Waals surface area (Å²) < 4.78 is 19.7. The molecule has 0 fully saturated rings. The summed E-state index contributed by atoms with van der Waals surface area (Å²) in [5.41, 5.74) is 0. The van der Waals surface area contributed by atoms with E-state index in [2.05, 4.69) is 55.4 Å². The number of hydrogen-bond donors (Lipinski definition) is 0. The molecule has 0 aromatic heterocycles. The van der Waals surface area contributed by atoms with Crippen LogP contribution in [0.15, 0.2) is 0 Å². The van der Waals surface area contributed by atoms with E-state index < -0.39 is 8.80 Å². The van der Waals surface area contributed by atoms with Gasteiger partial charge in [0, 0.05) is 19.8 Å². The van der Waals surface area contributed by atoms with Crippen LogP contribution in [0.4, 0.5) is 0 Å². The fourth-order valence-corrected chi connectivity index (χ4v) is 8.56. The van der Waals surface area contributed by atoms with Crippen LogP contribution in [0.5, 0.6) is 0 Å². The molecule has 0 bridgehead atoms. The first-order chi connectivity index (χ1) is 17.3. The third kappa shape index (κ3) is 17.6. The van der Waals surface area contributed by atoms with Crippen molar-refractivity contribution < 1.29 is 30.2 Å². The van der Waals surface area contributed by atoms with E-state index in [0.29, 0.717) is 31.9 Å². The first-order valence-corrected chi connectivity index (χ1v) is 18.1. The SMILES string of the molecule is CCCCCCCCCCCCCCCCC[N+](CC[Si](OCC)(OCC)OCC)(C(C)C)C(C)C.[Cl-]. The van der Waals surface area contributed by atoms with Crippen molar-refractivity contribution >= 4 is 8.80 Å². The summed E-state index contributed by atoms with van der Waals surface area (Å²) >= 11 is 0. The first kappa shape index (κ1) is 39.5. The fourth-order valence-electron chi connectivity index (χ4n) is 5.86. The molecule has 37 heavy (non-hydrogen) atoms. The quantitative estimate of drug-likeness (QED) is 0.0642. The predicted octanol–water partition coefficient (Wildman–Crippen LogP) is 6.54. The standard InChI is InChI=1S/C31H68NO3Si.ClH/c1-9-13-14-15-16-17-18-19-20-21-22-23-24-25-26-27-32(30(5)6,31(7)8)28-29-36(33-10-2,34-11-3)35-12-4;/h30-31H,9-29H2,1-8H3;1H/q+1;/p-1. The molecule has 0 N–H and O–H groups in total. The molecular formula is C31H68ClNO3Si. The summed E-state index contributed by atoms with van der Waals surface area (Å²) in [5, 5.41) is 0. The lowest BCUT2D eigenvalue weighted by atomic mass is 10.0. The van der Waals surface area contributed by atoms with E-state index in [0.717, 1.165) is 17.1 Å². The second-order valence-corrected chi connectivity index (χ2v) is 14.2. The number of nitrogens with zero attached hydrogens (tertiary/aromatic N) is 1. The maximum Gasteiger partial charge on any atom is 0.506 e. The molecule has 6 heteroatoms. The highest BCUT2D eigenvalue weighted by Gasteiger charge is 2.45. The Bertz CT molecular complexity index is 454. The number of unbranched alkanes of at least 4 members (excludes halogenated alkanes) is 14. The Kier molecular flexibility index (Phi) is 27.0. The van der Waals surface area contributed by atoms with E-state index in [-0.39, 0.29) is 12.4 Å². The van der Waals surface area contributed by atoms with Gasteiger partial charge in [-0.3, -0.25) is 0 Å². The van der Waals surface area contributed by atoms with Crippen molar-refractivity contribution in [2.45, 2.75) is 170 Å². The van der Waals surface area contributed by atoms with E-state index in [1.54, 1.807) is 0 Å². The van der Waals surface area contributed by atoms with Gasteiger partial charge in [0.1, 0.15) is 0 Å². The van der Waals surface area contributed by atoms with Crippen LogP contribution in [-0.2, 0) is 13.3 Å². The molecule has 0 rings (SSSR count). The normalized spacial score (nSPS) is 12.5. The zero-order valence-electron chi connectivity index (χ0n) is 26.6. The Morgan fingerprint density at radius 2 is 0.811 bits per heavy atom. The Balaban J connectivity index is 0. The van der Waals surface area contributed by atoms with E-state index in [4.69, 9.17) is 13.3 Å². The lowest BCUT2D eigenvalue weighted by Gasteiger charge is -2.47. The van der Waals surface area contributed by atoms with Crippen molar-refractivity contribution in [3.05, 3.63) is 0 Å². The molecule has 0 aliphatic carbocycles. The van der Waals surface area contributed by atoms with Crippen LogP contribution in [0, 0.1) is 0 Å². The first-order valence-electron chi connectivity index (χ1n) is 16.1. The molecule has 0 atom stereocenters. The van der Waals surface area contributed by atoms with E-state index in [1.807, 2.05) is 0 Å². The van der Waals surface area contributed by atoms with Crippen LogP contribution in [0.25, 0.3) is 0 Å². The average molecular weight is 566 g/mol. The Labute approximate surface area is 241 Å². The molecule has 0 aliphatic rings. The summed E-state index contributed by atoms with van der Waals surface area (Å²) in [6.45, 7) is 22.4. The predicted molar refractivity (Wildman–Crippen MR) is 161 cm³/mol. The van der Waals surface area contributed by atoms with Gasteiger partial charge in [-0.05, 0) is 61.3 Å². The van der Waals surface area contributed by atoms with Crippen molar-refractivity contribution in [3.8, 4) is 0 Å². The van der Waals surface area contributed by atoms with Crippen LogP contribution in [0.3, 0.4) is 0 Å². The van der Waals surface area contributed by atoms with Gasteiger partial charge >= 0.3 is 8.80 Å². The molecular weight excluding hydrogens is 498 g/mol. The zero-order chi connectivity index (χ0) is 27.1. The van der Waals surface area contributed by atoms with Gasteiger partial charge in [-0.1, -0.05) is 90.4 Å². The average Bonchev–Trinajstić information content (AvgIpc) is 2.83. The lowest BCUT2D eigenvalue weighted by Crippen LogP contribution is -3.00. The van der Waals surface area contributed by atoms with Crippen molar-refractivity contribution in [1.29, 1.82) is 0 Å². The Hall–Kier alpha value is 0.347. The Morgan fingerprint density at radius 1 is 0.486 bits per heavy atom. The third-order valence-electron chi connectivity index (χ3n) is 8.16. The highest BCUT2D eigenvalue weighted by molar-refractivity contribution is 6.60. The van der Waals surface area contributed by atoms with Crippen LogP contribution >= 0.6 is 0 Å². The molecule has 0 heterocycles. The number of quaternary nitrogens is 1. The summed E-state index contributed by atoms with van der Waals surface area (Å²) in [7, 11) is -2.60. The van der Waals surface area contributed by atoms with Crippen LogP contribution in [0.1, 0.15) is 152 Å². The van der Waals surface area contributed by atoms with Gasteiger partial charge < -0.3 is 30.2 Å². The van der Waals surface area contributed by atoms with Gasteiger partial charge in [0.2, 0.25) is 0 Å². The van der Waals surface area contributed by atoms with Gasteiger partial charge in [-0.25, -0.2) is 0 Å². The minimum atomic E-state index is -2.60. The van der Waals surface area contributed by atoms with Gasteiger partial charge in [0.15, 0.2) is 0 Å². The molecule has 0 spiro atoms. The highest BCUT2D eigenvalue weighted by atomic mass is 35.5. The van der Waals surface area contributed by atoms with Crippen molar-refractivity contribution in [2.24, 2.45) is 0 Å². The second-order valence-electron chi connectivity index (χ2n) is 11.4. The molecule has 0 radical (unpaired) electrons. The highest BCUT2D eigenvalue weighted by Crippen LogP contribution is 2.27. The molecule has 0 saturated carbocycles. The van der Waals surface area contributed by atoms with E-state index >= 15 is 0 Å². The van der Waals surface area contributed by atoms with E-state index in [1.165, 1.54) is 103 Å². The van der Waals surface area contributed by atoms with Crippen molar-refractivity contribution in [2.75, 3.05) is 32.9 Å². The minimum Gasteiger partial charge on any atom is -1.00 e. The Morgan fingerprint density at radius 3 is 1.11 bits per heavy atom. The fraction of sp³-hybridized carbons (Fsp3) is 1.00. The summed E-state index contributed by atoms with van der Waals surface area (Å²) in [4.78, 5) is 0. The molecule has 0 aromatic rings. The number of hydrogen-bond acceptors (Lipinski definition) is 3.